The van der Waals surface area contributed by atoms with Gasteiger partial charge in [-0.15, -0.1) is 0 Å². The van der Waals surface area contributed by atoms with Crippen LogP contribution in [0.2, 0.25) is 0 Å². The molecule has 1 N–H and O–H groups in total. The fraction of sp³-hybridized carbons (Fsp3) is 0.267. The number of benzene rings is 1. The van der Waals surface area contributed by atoms with Gasteiger partial charge in [0.2, 0.25) is 0 Å². The zero-order valence-electron chi connectivity index (χ0n) is 10.4. The lowest BCUT2D eigenvalue weighted by molar-refractivity contribution is 0.194. The summed E-state index contributed by atoms with van der Waals surface area (Å²) in [5, 5.41) is 9.45. The van der Waals surface area contributed by atoms with Gasteiger partial charge in [0, 0.05) is 13.1 Å². The number of aliphatic hydroxyl groups is 1. The fourth-order valence-corrected chi connectivity index (χ4v) is 2.35. The van der Waals surface area contributed by atoms with Crippen molar-refractivity contribution in [1.29, 1.82) is 0 Å². The van der Waals surface area contributed by atoms with E-state index in [4.69, 9.17) is 0 Å². The van der Waals surface area contributed by atoms with Crippen LogP contribution in [-0.4, -0.2) is 10.1 Å². The van der Waals surface area contributed by atoms with Crippen molar-refractivity contribution >= 4 is 5.69 Å². The van der Waals surface area contributed by atoms with Gasteiger partial charge in [-0.3, -0.25) is 4.98 Å². The van der Waals surface area contributed by atoms with Crippen LogP contribution in [0, 0.1) is 0 Å². The average Bonchev–Trinajstić information content (AvgIpc) is 2.82. The minimum absolute atomic E-state index is 0.505. The first kappa shape index (κ1) is 11.2. The topological polar surface area (TPSA) is 36.4 Å². The molecule has 2 aromatic rings. The Morgan fingerprint density at radius 3 is 2.28 bits per heavy atom. The molecule has 0 fully saturated rings. The minimum Gasteiger partial charge on any atom is -0.387 e. The number of anilines is 1. The van der Waals surface area contributed by atoms with Gasteiger partial charge in [0.1, 0.15) is 0 Å². The van der Waals surface area contributed by atoms with Crippen LogP contribution in [-0.2, 0) is 13.1 Å². The lowest BCUT2D eigenvalue weighted by Gasteiger charge is -2.17. The van der Waals surface area contributed by atoms with Crippen LogP contribution in [0.5, 0.6) is 0 Å². The molecule has 3 heteroatoms. The van der Waals surface area contributed by atoms with Gasteiger partial charge in [-0.2, -0.15) is 0 Å². The summed E-state index contributed by atoms with van der Waals surface area (Å²) < 4.78 is 0. The minimum atomic E-state index is -0.505. The molecule has 1 aromatic carbocycles. The van der Waals surface area contributed by atoms with Crippen LogP contribution in [0.1, 0.15) is 29.8 Å². The van der Waals surface area contributed by atoms with Gasteiger partial charge in [-0.05, 0) is 30.2 Å². The van der Waals surface area contributed by atoms with E-state index in [1.54, 1.807) is 6.92 Å². The average molecular weight is 240 g/mol. The second-order valence-electron chi connectivity index (χ2n) is 4.74. The third kappa shape index (κ3) is 1.97. The van der Waals surface area contributed by atoms with Crippen LogP contribution in [0.3, 0.4) is 0 Å². The summed E-state index contributed by atoms with van der Waals surface area (Å²) in [6.07, 6.45) is 1.34. The highest BCUT2D eigenvalue weighted by Gasteiger charge is 2.18. The molecule has 18 heavy (non-hydrogen) atoms. The molecule has 3 rings (SSSR count). The van der Waals surface area contributed by atoms with Gasteiger partial charge in [0.05, 0.1) is 23.7 Å². The Kier molecular flexibility index (Phi) is 2.76. The molecule has 1 aliphatic rings. The number of hydrogen-bond donors (Lipinski definition) is 1. The van der Waals surface area contributed by atoms with Crippen molar-refractivity contribution in [2.24, 2.45) is 0 Å². The number of aromatic nitrogens is 1. The van der Waals surface area contributed by atoms with Crippen LogP contribution < -0.4 is 4.90 Å². The van der Waals surface area contributed by atoms with Gasteiger partial charge in [0.15, 0.2) is 0 Å². The highest BCUT2D eigenvalue weighted by Crippen LogP contribution is 2.27. The highest BCUT2D eigenvalue weighted by molar-refractivity contribution is 5.50. The lowest BCUT2D eigenvalue weighted by Crippen LogP contribution is -2.14. The van der Waals surface area contributed by atoms with E-state index in [1.807, 2.05) is 18.3 Å². The van der Waals surface area contributed by atoms with Crippen molar-refractivity contribution < 1.29 is 5.11 Å². The third-order valence-electron chi connectivity index (χ3n) is 3.40. The molecule has 0 aliphatic carbocycles. The van der Waals surface area contributed by atoms with Crippen molar-refractivity contribution in [2.45, 2.75) is 26.1 Å². The maximum atomic E-state index is 9.45. The first-order valence-electron chi connectivity index (χ1n) is 6.20. The molecule has 92 valence electrons. The molecule has 0 saturated heterocycles. The van der Waals surface area contributed by atoms with Crippen LogP contribution in [0.15, 0.2) is 42.6 Å². The van der Waals surface area contributed by atoms with Crippen molar-refractivity contribution in [3.8, 4) is 0 Å². The Labute approximate surface area is 107 Å². The standard InChI is InChI=1S/C15H16N2O/c1-11(18)15-7-6-14(8-16-15)17-9-12-4-2-3-5-13(12)10-17/h2-8,11,18H,9-10H2,1H3/t11-/m0/s1. The molecule has 0 radical (unpaired) electrons. The van der Waals surface area contributed by atoms with E-state index in [0.29, 0.717) is 0 Å². The fourth-order valence-electron chi connectivity index (χ4n) is 2.35. The Bertz CT molecular complexity index is 524. The number of rotatable bonds is 2. The lowest BCUT2D eigenvalue weighted by atomic mass is 10.1. The maximum Gasteiger partial charge on any atom is 0.0931 e. The zero-order chi connectivity index (χ0) is 12.5. The molecule has 0 unspecified atom stereocenters. The molecular formula is C15H16N2O. The van der Waals surface area contributed by atoms with Crippen molar-refractivity contribution in [1.82, 2.24) is 4.98 Å². The Morgan fingerprint density at radius 2 is 1.78 bits per heavy atom. The number of pyridine rings is 1. The van der Waals surface area contributed by atoms with Crippen molar-refractivity contribution in [2.75, 3.05) is 4.90 Å². The van der Waals surface area contributed by atoms with E-state index in [9.17, 15) is 5.11 Å². The van der Waals surface area contributed by atoms with E-state index in [2.05, 4.69) is 34.1 Å². The van der Waals surface area contributed by atoms with Gasteiger partial charge >= 0.3 is 0 Å². The zero-order valence-corrected chi connectivity index (χ0v) is 10.4. The first-order valence-corrected chi connectivity index (χ1v) is 6.20. The Balaban J connectivity index is 1.82. The first-order chi connectivity index (χ1) is 8.74. The predicted molar refractivity (Wildman–Crippen MR) is 71.2 cm³/mol. The van der Waals surface area contributed by atoms with E-state index in [1.165, 1.54) is 11.1 Å². The largest absolute Gasteiger partial charge is 0.387 e. The highest BCUT2D eigenvalue weighted by atomic mass is 16.3. The second kappa shape index (κ2) is 4.42. The summed E-state index contributed by atoms with van der Waals surface area (Å²) in [6.45, 7) is 3.60. The number of aliphatic hydroxyl groups excluding tert-OH is 1. The van der Waals surface area contributed by atoms with E-state index in [0.717, 1.165) is 24.5 Å². The second-order valence-corrected chi connectivity index (χ2v) is 4.74. The normalized spacial score (nSPS) is 15.6. The maximum absolute atomic E-state index is 9.45. The molecule has 0 spiro atoms. The molecule has 3 nitrogen and oxygen atoms in total. The molecule has 1 atom stereocenters. The molecule has 1 aromatic heterocycles. The van der Waals surface area contributed by atoms with Crippen molar-refractivity contribution in [3.05, 3.63) is 59.4 Å². The molecule has 0 saturated carbocycles. The predicted octanol–water partition coefficient (Wildman–Crippen LogP) is 2.66. The molecule has 0 bridgehead atoms. The van der Waals surface area contributed by atoms with E-state index >= 15 is 0 Å². The Hall–Kier alpha value is -1.87. The van der Waals surface area contributed by atoms with Crippen LogP contribution in [0.4, 0.5) is 5.69 Å². The smallest absolute Gasteiger partial charge is 0.0931 e. The molecular weight excluding hydrogens is 224 g/mol. The van der Waals surface area contributed by atoms with Gasteiger partial charge in [-0.1, -0.05) is 24.3 Å². The summed E-state index contributed by atoms with van der Waals surface area (Å²) in [4.78, 5) is 6.59. The van der Waals surface area contributed by atoms with E-state index in [-0.39, 0.29) is 0 Å². The van der Waals surface area contributed by atoms with Crippen molar-refractivity contribution in [3.63, 3.8) is 0 Å². The van der Waals surface area contributed by atoms with Gasteiger partial charge < -0.3 is 10.0 Å². The number of nitrogens with zero attached hydrogens (tertiary/aromatic N) is 2. The summed E-state index contributed by atoms with van der Waals surface area (Å²) in [5.41, 5.74) is 4.60. The number of fused-ring (bicyclic) bond motifs is 1. The quantitative estimate of drug-likeness (QED) is 0.876. The van der Waals surface area contributed by atoms with Gasteiger partial charge in [-0.25, -0.2) is 0 Å². The van der Waals surface area contributed by atoms with Gasteiger partial charge in [0.25, 0.3) is 0 Å². The SMILES string of the molecule is C[C@H](O)c1ccc(N2Cc3ccccc3C2)cn1. The summed E-state index contributed by atoms with van der Waals surface area (Å²) in [6, 6.07) is 12.4. The monoisotopic (exact) mass is 240 g/mol. The third-order valence-corrected chi connectivity index (χ3v) is 3.40. The summed E-state index contributed by atoms with van der Waals surface area (Å²) in [5.74, 6) is 0. The number of hydrogen-bond acceptors (Lipinski definition) is 3. The molecule has 2 heterocycles. The summed E-state index contributed by atoms with van der Waals surface area (Å²) >= 11 is 0. The van der Waals surface area contributed by atoms with E-state index < -0.39 is 6.10 Å². The van der Waals surface area contributed by atoms with Crippen LogP contribution in [0.25, 0.3) is 0 Å². The molecule has 0 amide bonds. The Morgan fingerprint density at radius 1 is 1.11 bits per heavy atom. The molecule has 1 aliphatic heterocycles. The summed E-state index contributed by atoms with van der Waals surface area (Å²) in [7, 11) is 0. The van der Waals surface area contributed by atoms with Crippen LogP contribution >= 0.6 is 0 Å².